The van der Waals surface area contributed by atoms with Gasteiger partial charge < -0.3 is 9.64 Å². The number of benzene rings is 2. The molecule has 1 aliphatic heterocycles. The molecule has 0 unspecified atom stereocenters. The summed E-state index contributed by atoms with van der Waals surface area (Å²) in [7, 11) is 1.62. The first kappa shape index (κ1) is 16.6. The molecule has 1 amide bonds. The molecule has 0 fully saturated rings. The van der Waals surface area contributed by atoms with Crippen molar-refractivity contribution in [1.82, 2.24) is 20.2 Å². The smallest absolute Gasteiger partial charge is 0.237 e. The summed E-state index contributed by atoms with van der Waals surface area (Å²) in [6.45, 7) is 0.724. The van der Waals surface area contributed by atoms with Crippen molar-refractivity contribution in [1.29, 1.82) is 0 Å². The van der Waals surface area contributed by atoms with Crippen LogP contribution in [0.25, 0.3) is 5.69 Å². The number of rotatable bonds is 5. The average molecular weight is 367 g/mol. The third-order valence-electron chi connectivity index (χ3n) is 4.27. The van der Waals surface area contributed by atoms with Crippen LogP contribution in [0.4, 0.5) is 5.69 Å². The highest BCUT2D eigenvalue weighted by molar-refractivity contribution is 7.99. The van der Waals surface area contributed by atoms with Crippen LogP contribution < -0.4 is 9.64 Å². The van der Waals surface area contributed by atoms with Gasteiger partial charge in [-0.25, -0.2) is 0 Å². The van der Waals surface area contributed by atoms with Crippen molar-refractivity contribution in [2.75, 3.05) is 24.3 Å². The molecule has 0 spiro atoms. The van der Waals surface area contributed by atoms with Gasteiger partial charge in [0.05, 0.1) is 18.6 Å². The Bertz CT molecular complexity index is 925. The topological polar surface area (TPSA) is 73.1 Å². The van der Waals surface area contributed by atoms with Gasteiger partial charge in [-0.3, -0.25) is 4.79 Å². The van der Waals surface area contributed by atoms with Gasteiger partial charge in [0.1, 0.15) is 5.75 Å². The van der Waals surface area contributed by atoms with Gasteiger partial charge in [-0.2, -0.15) is 4.68 Å². The quantitative estimate of drug-likeness (QED) is 0.645. The number of methoxy groups -OCH3 is 1. The van der Waals surface area contributed by atoms with Crippen molar-refractivity contribution >= 4 is 23.4 Å². The number of carbonyl (C=O) groups is 1. The minimum absolute atomic E-state index is 0.0595. The number of thioether (sulfide) groups is 1. The molecule has 0 atom stereocenters. The maximum Gasteiger partial charge on any atom is 0.237 e. The number of carbonyl (C=O) groups excluding carboxylic acids is 1. The summed E-state index contributed by atoms with van der Waals surface area (Å²) in [6, 6.07) is 15.5. The number of tetrazole rings is 1. The maximum atomic E-state index is 12.6. The Hall–Kier alpha value is -2.87. The molecule has 1 aliphatic rings. The minimum atomic E-state index is 0.0595. The van der Waals surface area contributed by atoms with Gasteiger partial charge in [0, 0.05) is 12.2 Å². The second-order valence-electron chi connectivity index (χ2n) is 5.78. The van der Waals surface area contributed by atoms with Crippen LogP contribution in [0.3, 0.4) is 0 Å². The van der Waals surface area contributed by atoms with Crippen LogP contribution in [0.15, 0.2) is 53.7 Å². The highest BCUT2D eigenvalue weighted by Crippen LogP contribution is 2.29. The zero-order chi connectivity index (χ0) is 17.9. The number of ether oxygens (including phenoxy) is 1. The molecule has 4 rings (SSSR count). The fourth-order valence-electron chi connectivity index (χ4n) is 2.96. The van der Waals surface area contributed by atoms with Gasteiger partial charge in [0.2, 0.25) is 11.1 Å². The van der Waals surface area contributed by atoms with Crippen LogP contribution >= 0.6 is 11.8 Å². The summed E-state index contributed by atoms with van der Waals surface area (Å²) in [6.07, 6.45) is 0.899. The van der Waals surface area contributed by atoms with E-state index in [-0.39, 0.29) is 11.7 Å². The fourth-order valence-corrected chi connectivity index (χ4v) is 3.72. The minimum Gasteiger partial charge on any atom is -0.497 e. The maximum absolute atomic E-state index is 12.6. The van der Waals surface area contributed by atoms with Crippen LogP contribution in [-0.2, 0) is 11.2 Å². The number of hydrogen-bond donors (Lipinski definition) is 0. The SMILES string of the molecule is COc1ccc(-n2nnnc2SCC(=O)N2CCc3ccccc32)cc1. The number of aromatic nitrogens is 4. The van der Waals surface area contributed by atoms with E-state index >= 15 is 0 Å². The molecule has 0 N–H and O–H groups in total. The molecule has 0 saturated heterocycles. The van der Waals surface area contributed by atoms with Gasteiger partial charge in [-0.05, 0) is 52.7 Å². The Morgan fingerprint density at radius 3 is 2.81 bits per heavy atom. The predicted molar refractivity (Wildman–Crippen MR) is 98.9 cm³/mol. The molecule has 1 aromatic heterocycles. The van der Waals surface area contributed by atoms with Gasteiger partial charge in [-0.15, -0.1) is 5.10 Å². The van der Waals surface area contributed by atoms with E-state index in [1.807, 2.05) is 47.4 Å². The van der Waals surface area contributed by atoms with E-state index < -0.39 is 0 Å². The first-order chi connectivity index (χ1) is 12.8. The zero-order valence-electron chi connectivity index (χ0n) is 14.2. The number of hydrogen-bond acceptors (Lipinski definition) is 6. The van der Waals surface area contributed by atoms with Crippen LogP contribution in [0, 0.1) is 0 Å². The van der Waals surface area contributed by atoms with E-state index in [1.54, 1.807) is 11.8 Å². The molecule has 2 aromatic carbocycles. The van der Waals surface area contributed by atoms with E-state index in [4.69, 9.17) is 4.74 Å². The molecule has 7 nitrogen and oxygen atoms in total. The third-order valence-corrected chi connectivity index (χ3v) is 5.17. The Labute approximate surface area is 155 Å². The Morgan fingerprint density at radius 2 is 2.00 bits per heavy atom. The summed E-state index contributed by atoms with van der Waals surface area (Å²) in [4.78, 5) is 14.5. The van der Waals surface area contributed by atoms with Crippen molar-refractivity contribution < 1.29 is 9.53 Å². The molecular formula is C18H17N5O2S. The van der Waals surface area contributed by atoms with Crippen molar-refractivity contribution in [3.05, 3.63) is 54.1 Å². The third kappa shape index (κ3) is 3.15. The van der Waals surface area contributed by atoms with Gasteiger partial charge in [0.15, 0.2) is 0 Å². The number of amides is 1. The number of fused-ring (bicyclic) bond motifs is 1. The Morgan fingerprint density at radius 1 is 1.19 bits per heavy atom. The number of nitrogens with zero attached hydrogens (tertiary/aromatic N) is 5. The lowest BCUT2D eigenvalue weighted by Gasteiger charge is -2.16. The molecular weight excluding hydrogens is 350 g/mol. The second-order valence-corrected chi connectivity index (χ2v) is 6.73. The Balaban J connectivity index is 1.46. The van der Waals surface area contributed by atoms with Gasteiger partial charge in [-0.1, -0.05) is 30.0 Å². The molecule has 8 heteroatoms. The first-order valence-corrected chi connectivity index (χ1v) is 9.18. The van der Waals surface area contributed by atoms with Crippen LogP contribution in [0.5, 0.6) is 5.75 Å². The predicted octanol–water partition coefficient (Wildman–Crippen LogP) is 2.35. The van der Waals surface area contributed by atoms with Crippen LogP contribution in [0.1, 0.15) is 5.56 Å². The molecule has 0 radical (unpaired) electrons. The fraction of sp³-hybridized carbons (Fsp3) is 0.222. The standard InChI is InChI=1S/C18H17N5O2S/c1-25-15-8-6-14(7-9-15)23-18(19-20-21-23)26-12-17(24)22-11-10-13-4-2-3-5-16(13)22/h2-9H,10-12H2,1H3. The second kappa shape index (κ2) is 7.17. The highest BCUT2D eigenvalue weighted by atomic mass is 32.2. The van der Waals surface area contributed by atoms with Crippen molar-refractivity contribution in [3.8, 4) is 11.4 Å². The van der Waals surface area contributed by atoms with E-state index in [1.165, 1.54) is 17.3 Å². The largest absolute Gasteiger partial charge is 0.497 e. The molecule has 3 aromatic rings. The van der Waals surface area contributed by atoms with E-state index in [2.05, 4.69) is 21.6 Å². The number of anilines is 1. The average Bonchev–Trinajstić information content (AvgIpc) is 3.33. The summed E-state index contributed by atoms with van der Waals surface area (Å²) in [5.41, 5.74) is 3.04. The summed E-state index contributed by atoms with van der Waals surface area (Å²) in [5, 5.41) is 12.4. The molecule has 26 heavy (non-hydrogen) atoms. The molecule has 0 saturated carbocycles. The van der Waals surface area contributed by atoms with Gasteiger partial charge >= 0.3 is 0 Å². The summed E-state index contributed by atoms with van der Waals surface area (Å²) in [5.74, 6) is 1.10. The normalized spacial score (nSPS) is 12.9. The lowest BCUT2D eigenvalue weighted by atomic mass is 10.2. The van der Waals surface area contributed by atoms with Crippen molar-refractivity contribution in [2.45, 2.75) is 11.6 Å². The molecule has 132 valence electrons. The highest BCUT2D eigenvalue weighted by Gasteiger charge is 2.24. The van der Waals surface area contributed by atoms with E-state index in [0.717, 1.165) is 30.1 Å². The van der Waals surface area contributed by atoms with Crippen LogP contribution in [-0.4, -0.2) is 45.5 Å². The lowest BCUT2D eigenvalue weighted by Crippen LogP contribution is -2.30. The van der Waals surface area contributed by atoms with Crippen molar-refractivity contribution in [3.63, 3.8) is 0 Å². The Kier molecular flexibility index (Phi) is 4.57. The summed E-state index contributed by atoms with van der Waals surface area (Å²) < 4.78 is 6.79. The van der Waals surface area contributed by atoms with Crippen molar-refractivity contribution in [2.24, 2.45) is 0 Å². The molecule has 0 aliphatic carbocycles. The van der Waals surface area contributed by atoms with E-state index in [9.17, 15) is 4.79 Å². The number of para-hydroxylation sites is 1. The summed E-state index contributed by atoms with van der Waals surface area (Å²) >= 11 is 1.33. The molecule has 0 bridgehead atoms. The molecule has 2 heterocycles. The first-order valence-electron chi connectivity index (χ1n) is 8.20. The monoisotopic (exact) mass is 367 g/mol. The van der Waals surface area contributed by atoms with E-state index in [0.29, 0.717) is 5.16 Å². The zero-order valence-corrected chi connectivity index (χ0v) is 15.0. The van der Waals surface area contributed by atoms with Gasteiger partial charge in [0.25, 0.3) is 0 Å². The lowest BCUT2D eigenvalue weighted by molar-refractivity contribution is -0.116. The van der Waals surface area contributed by atoms with Crippen LogP contribution in [0.2, 0.25) is 0 Å².